The fraction of sp³-hybridized carbons (Fsp3) is 0.0667. The average Bonchev–Trinajstić information content (AvgIpc) is 2.47. The molecule has 2 aromatic carbocycles. The molecule has 0 aliphatic heterocycles. The summed E-state index contributed by atoms with van der Waals surface area (Å²) in [5.41, 5.74) is -2.37. The van der Waals surface area contributed by atoms with Crippen LogP contribution in [0.1, 0.15) is 11.1 Å². The van der Waals surface area contributed by atoms with Crippen LogP contribution in [0.25, 0.3) is 0 Å². The zero-order chi connectivity index (χ0) is 17.9. The fourth-order valence-electron chi connectivity index (χ4n) is 1.70. The van der Waals surface area contributed by atoms with Gasteiger partial charge in [0.1, 0.15) is 17.5 Å². The highest BCUT2D eigenvalue weighted by Crippen LogP contribution is 2.31. The second kappa shape index (κ2) is 6.73. The molecule has 0 unspecified atom stereocenters. The first-order valence-electron chi connectivity index (χ1n) is 6.34. The average molecular weight is 346 g/mol. The maximum Gasteiger partial charge on any atom is 0.416 e. The number of rotatable bonds is 2. The summed E-state index contributed by atoms with van der Waals surface area (Å²) in [5, 5.41) is 1.87. The lowest BCUT2D eigenvalue weighted by Gasteiger charge is -2.09. The number of aliphatic imine (C=N–C) groups is 1. The molecule has 0 atom stereocenters. The highest BCUT2D eigenvalue weighted by atomic mass is 19.4. The Kier molecular flexibility index (Phi) is 4.91. The largest absolute Gasteiger partial charge is 0.416 e. The molecular weight excluding hydrogens is 338 g/mol. The topological polar surface area (TPSA) is 41.5 Å². The summed E-state index contributed by atoms with van der Waals surface area (Å²) >= 11 is 0. The first-order valence-corrected chi connectivity index (χ1v) is 6.34. The smallest absolute Gasteiger partial charge is 0.303 e. The van der Waals surface area contributed by atoms with Crippen molar-refractivity contribution in [3.8, 4) is 0 Å². The number of benzene rings is 2. The van der Waals surface area contributed by atoms with Crippen molar-refractivity contribution in [3.05, 3.63) is 65.0 Å². The van der Waals surface area contributed by atoms with Crippen LogP contribution in [0.15, 0.2) is 41.4 Å². The highest BCUT2D eigenvalue weighted by molar-refractivity contribution is 5.98. The molecule has 3 nitrogen and oxygen atoms in total. The van der Waals surface area contributed by atoms with Gasteiger partial charge in [-0.05, 0) is 30.3 Å². The molecule has 0 aliphatic carbocycles. The standard InChI is InChI=1S/C15H8F6N2O/c16-10-2-1-3-11(17)9(10)7-22-14(24)23-13-5-4-8(6-12(13)18)15(19,20)21/h1-7H,(H,23,24). The third-order valence-electron chi connectivity index (χ3n) is 2.85. The fourth-order valence-corrected chi connectivity index (χ4v) is 1.70. The third kappa shape index (κ3) is 4.12. The van der Waals surface area contributed by atoms with E-state index in [0.717, 1.165) is 18.2 Å². The van der Waals surface area contributed by atoms with Gasteiger partial charge in [-0.1, -0.05) is 6.07 Å². The van der Waals surface area contributed by atoms with E-state index in [1.165, 1.54) is 0 Å². The number of halogens is 6. The number of hydrogen-bond donors (Lipinski definition) is 1. The molecule has 0 heterocycles. The summed E-state index contributed by atoms with van der Waals surface area (Å²) in [5.74, 6) is -3.26. The van der Waals surface area contributed by atoms with Crippen LogP contribution in [0.2, 0.25) is 0 Å². The Morgan fingerprint density at radius 3 is 2.17 bits per heavy atom. The van der Waals surface area contributed by atoms with E-state index in [1.807, 2.05) is 5.32 Å². The molecule has 0 aromatic heterocycles. The molecule has 0 saturated carbocycles. The van der Waals surface area contributed by atoms with Gasteiger partial charge in [-0.15, -0.1) is 0 Å². The number of alkyl halides is 3. The maximum atomic E-state index is 13.5. The van der Waals surface area contributed by atoms with E-state index in [-0.39, 0.29) is 6.07 Å². The van der Waals surface area contributed by atoms with Crippen molar-refractivity contribution in [1.29, 1.82) is 0 Å². The van der Waals surface area contributed by atoms with Crippen molar-refractivity contribution in [2.75, 3.05) is 5.32 Å². The first kappa shape index (κ1) is 17.5. The van der Waals surface area contributed by atoms with Gasteiger partial charge in [0.25, 0.3) is 0 Å². The predicted octanol–water partition coefficient (Wildman–Crippen LogP) is 4.77. The van der Waals surface area contributed by atoms with Gasteiger partial charge < -0.3 is 5.32 Å². The van der Waals surface area contributed by atoms with Crippen LogP contribution < -0.4 is 5.32 Å². The summed E-state index contributed by atoms with van der Waals surface area (Å²) in [6.07, 6.45) is -4.15. The molecule has 24 heavy (non-hydrogen) atoms. The molecule has 0 bridgehead atoms. The lowest BCUT2D eigenvalue weighted by atomic mass is 10.2. The van der Waals surface area contributed by atoms with E-state index < -0.39 is 46.5 Å². The molecule has 0 saturated heterocycles. The minimum absolute atomic E-state index is 0.204. The van der Waals surface area contributed by atoms with Crippen LogP contribution >= 0.6 is 0 Å². The van der Waals surface area contributed by atoms with Crippen LogP contribution in [0.3, 0.4) is 0 Å². The predicted molar refractivity (Wildman–Crippen MR) is 74.4 cm³/mol. The zero-order valence-corrected chi connectivity index (χ0v) is 11.7. The van der Waals surface area contributed by atoms with Gasteiger partial charge in [-0.2, -0.15) is 13.2 Å². The van der Waals surface area contributed by atoms with Gasteiger partial charge in [0.15, 0.2) is 0 Å². The van der Waals surface area contributed by atoms with E-state index in [2.05, 4.69) is 4.99 Å². The summed E-state index contributed by atoms with van der Waals surface area (Å²) in [4.78, 5) is 14.7. The Hall–Kier alpha value is -2.84. The molecule has 0 fully saturated rings. The minimum atomic E-state index is -4.73. The molecule has 0 aliphatic rings. The van der Waals surface area contributed by atoms with Crippen LogP contribution in [0.5, 0.6) is 0 Å². The van der Waals surface area contributed by atoms with Gasteiger partial charge in [-0.3, -0.25) is 0 Å². The zero-order valence-electron chi connectivity index (χ0n) is 11.7. The van der Waals surface area contributed by atoms with E-state index in [0.29, 0.717) is 18.3 Å². The summed E-state index contributed by atoms with van der Waals surface area (Å²) < 4.78 is 77.4. The van der Waals surface area contributed by atoms with Gasteiger partial charge >= 0.3 is 12.2 Å². The molecule has 0 radical (unpaired) electrons. The Balaban J connectivity index is 2.14. The number of anilines is 1. The number of urea groups is 1. The summed E-state index contributed by atoms with van der Waals surface area (Å²) in [6.45, 7) is 0. The van der Waals surface area contributed by atoms with E-state index in [9.17, 15) is 31.1 Å². The van der Waals surface area contributed by atoms with E-state index in [1.54, 1.807) is 0 Å². The Morgan fingerprint density at radius 2 is 1.62 bits per heavy atom. The van der Waals surface area contributed by atoms with Gasteiger partial charge in [0.05, 0.1) is 16.8 Å². The van der Waals surface area contributed by atoms with E-state index >= 15 is 0 Å². The number of hydrogen-bond acceptors (Lipinski definition) is 1. The second-order valence-corrected chi connectivity index (χ2v) is 4.52. The molecule has 9 heteroatoms. The van der Waals surface area contributed by atoms with Gasteiger partial charge in [0, 0.05) is 6.21 Å². The van der Waals surface area contributed by atoms with E-state index in [4.69, 9.17) is 0 Å². The van der Waals surface area contributed by atoms with Crippen molar-refractivity contribution in [2.24, 2.45) is 4.99 Å². The Bertz CT molecular complexity index is 781. The second-order valence-electron chi connectivity index (χ2n) is 4.52. The minimum Gasteiger partial charge on any atom is -0.303 e. The lowest BCUT2D eigenvalue weighted by molar-refractivity contribution is -0.137. The third-order valence-corrected chi connectivity index (χ3v) is 2.85. The lowest BCUT2D eigenvalue weighted by Crippen LogP contribution is -2.11. The van der Waals surface area contributed by atoms with Crippen LogP contribution in [0, 0.1) is 17.5 Å². The highest BCUT2D eigenvalue weighted by Gasteiger charge is 2.31. The van der Waals surface area contributed by atoms with Crippen LogP contribution in [0.4, 0.5) is 36.8 Å². The molecule has 0 spiro atoms. The quantitative estimate of drug-likeness (QED) is 0.617. The Morgan fingerprint density at radius 1 is 1.00 bits per heavy atom. The molecule has 2 aromatic rings. The number of nitrogens with one attached hydrogen (secondary N) is 1. The number of carbonyl (C=O) groups excluding carboxylic acids is 1. The van der Waals surface area contributed by atoms with Gasteiger partial charge in [0.2, 0.25) is 0 Å². The van der Waals surface area contributed by atoms with Crippen LogP contribution in [-0.2, 0) is 6.18 Å². The first-order chi connectivity index (χ1) is 11.2. The maximum absolute atomic E-state index is 13.5. The monoisotopic (exact) mass is 346 g/mol. The number of carbonyl (C=O) groups is 1. The Labute approximate surface area is 131 Å². The van der Waals surface area contributed by atoms with Crippen molar-refractivity contribution in [3.63, 3.8) is 0 Å². The normalized spacial score (nSPS) is 11.8. The van der Waals surface area contributed by atoms with Crippen molar-refractivity contribution in [2.45, 2.75) is 6.18 Å². The molecule has 2 rings (SSSR count). The SMILES string of the molecule is O=C(N=Cc1c(F)cccc1F)Nc1ccc(C(F)(F)F)cc1F. The van der Waals surface area contributed by atoms with Crippen molar-refractivity contribution >= 4 is 17.9 Å². The van der Waals surface area contributed by atoms with Crippen LogP contribution in [-0.4, -0.2) is 12.2 Å². The molecular formula is C15H8F6N2O. The van der Waals surface area contributed by atoms with Crippen molar-refractivity contribution in [1.82, 2.24) is 0 Å². The molecule has 2 amide bonds. The number of nitrogens with zero attached hydrogens (tertiary/aromatic N) is 1. The molecule has 126 valence electrons. The molecule has 1 N–H and O–H groups in total. The summed E-state index contributed by atoms with van der Waals surface area (Å²) in [7, 11) is 0. The number of amides is 2. The summed E-state index contributed by atoms with van der Waals surface area (Å²) in [6, 6.07) is 3.26. The van der Waals surface area contributed by atoms with Crippen molar-refractivity contribution < 1.29 is 31.1 Å². The van der Waals surface area contributed by atoms with Gasteiger partial charge in [-0.25, -0.2) is 23.0 Å².